The second-order valence-corrected chi connectivity index (χ2v) is 6.90. The van der Waals surface area contributed by atoms with E-state index in [4.69, 9.17) is 10.2 Å². The molecule has 0 saturated carbocycles. The first-order valence-electron chi connectivity index (χ1n) is 8.12. The highest BCUT2D eigenvalue weighted by Crippen LogP contribution is 2.43. The molecule has 1 aromatic rings. The number of thioether (sulfide) groups is 1. The van der Waals surface area contributed by atoms with Crippen LogP contribution in [0.4, 0.5) is 10.7 Å². The molecule has 29 heavy (non-hydrogen) atoms. The summed E-state index contributed by atoms with van der Waals surface area (Å²) in [5.41, 5.74) is 4.85. The largest absolute Gasteiger partial charge is 0.477 e. The zero-order valence-electron chi connectivity index (χ0n) is 15.0. The Morgan fingerprint density at radius 1 is 1.52 bits per heavy atom. The van der Waals surface area contributed by atoms with E-state index in [0.29, 0.717) is 0 Å². The standard InChI is InChI=1S/C16H16N4O8S/c1-26-18-5-9(21)19(10-3-2-4-27-10)12-13(22)20-11(15(23)24)8(6-28-16(17)25)7-29-14(12)20/h2-5,12,14H,6-7H2,1H3,(H2,17,25)(H,23,24)/t12-,14-/m1/s1. The Balaban J connectivity index is 1.92. The normalized spacial score (nSPS) is 20.9. The van der Waals surface area contributed by atoms with Crippen molar-refractivity contribution in [3.8, 4) is 0 Å². The highest BCUT2D eigenvalue weighted by molar-refractivity contribution is 8.00. The molecule has 0 aliphatic carbocycles. The van der Waals surface area contributed by atoms with Crippen LogP contribution in [-0.4, -0.2) is 71.0 Å². The number of rotatable bonds is 7. The van der Waals surface area contributed by atoms with Crippen molar-refractivity contribution in [2.24, 2.45) is 10.9 Å². The van der Waals surface area contributed by atoms with Crippen molar-refractivity contribution in [2.45, 2.75) is 11.4 Å². The Bertz CT molecular complexity index is 897. The third-order valence-electron chi connectivity index (χ3n) is 4.14. The van der Waals surface area contributed by atoms with E-state index in [1.165, 1.54) is 31.2 Å². The molecule has 2 atom stereocenters. The van der Waals surface area contributed by atoms with Crippen LogP contribution < -0.4 is 10.6 Å². The van der Waals surface area contributed by atoms with E-state index in [1.54, 1.807) is 6.07 Å². The number of β-lactam (4-membered cyclic amide) rings is 1. The maximum Gasteiger partial charge on any atom is 0.404 e. The fourth-order valence-electron chi connectivity index (χ4n) is 2.99. The molecule has 2 aliphatic rings. The number of carboxylic acid groups (broad SMARTS) is 1. The van der Waals surface area contributed by atoms with Crippen molar-refractivity contribution < 1.29 is 38.3 Å². The lowest BCUT2D eigenvalue weighted by Gasteiger charge is -2.51. The third kappa shape index (κ3) is 3.76. The molecule has 0 aromatic carbocycles. The number of ether oxygens (including phenoxy) is 1. The molecule has 3 N–H and O–H groups in total. The Kier molecular flexibility index (Phi) is 5.77. The van der Waals surface area contributed by atoms with Crippen molar-refractivity contribution in [3.05, 3.63) is 29.7 Å². The summed E-state index contributed by atoms with van der Waals surface area (Å²) in [5, 5.41) is 12.3. The predicted molar refractivity (Wildman–Crippen MR) is 98.8 cm³/mol. The summed E-state index contributed by atoms with van der Waals surface area (Å²) in [7, 11) is 1.26. The van der Waals surface area contributed by atoms with Crippen molar-refractivity contribution in [1.29, 1.82) is 0 Å². The second-order valence-electron chi connectivity index (χ2n) is 5.80. The van der Waals surface area contributed by atoms with Gasteiger partial charge in [-0.15, -0.1) is 11.8 Å². The molecule has 1 aromatic heterocycles. The van der Waals surface area contributed by atoms with Crippen LogP contribution >= 0.6 is 11.8 Å². The van der Waals surface area contributed by atoms with E-state index in [-0.39, 0.29) is 29.5 Å². The number of aliphatic carboxylic acids is 1. The van der Waals surface area contributed by atoms with Crippen LogP contribution in [0.15, 0.2) is 39.2 Å². The summed E-state index contributed by atoms with van der Waals surface area (Å²) in [4.78, 5) is 54.7. The van der Waals surface area contributed by atoms with Crippen molar-refractivity contribution in [3.63, 3.8) is 0 Å². The maximum atomic E-state index is 12.9. The number of amides is 3. The number of carbonyl (C=O) groups excluding carboxylic acids is 3. The van der Waals surface area contributed by atoms with Gasteiger partial charge in [-0.25, -0.2) is 9.59 Å². The van der Waals surface area contributed by atoms with E-state index < -0.39 is 35.3 Å². The summed E-state index contributed by atoms with van der Waals surface area (Å²) in [6, 6.07) is 2.01. The summed E-state index contributed by atoms with van der Waals surface area (Å²) >= 11 is 1.21. The second kappa shape index (κ2) is 8.26. The van der Waals surface area contributed by atoms with Gasteiger partial charge in [0.05, 0.1) is 6.26 Å². The molecule has 0 unspecified atom stereocenters. The molecular formula is C16H16N4O8S. The lowest BCUT2D eigenvalue weighted by Crippen LogP contribution is -2.72. The number of anilines is 1. The van der Waals surface area contributed by atoms with Gasteiger partial charge in [0.1, 0.15) is 37.0 Å². The zero-order valence-corrected chi connectivity index (χ0v) is 15.8. The molecule has 2 aliphatic heterocycles. The van der Waals surface area contributed by atoms with Crippen LogP contribution in [0.1, 0.15) is 0 Å². The number of hydrogen-bond donors (Lipinski definition) is 2. The number of carboxylic acids is 1. The lowest BCUT2D eigenvalue weighted by atomic mass is 10.0. The van der Waals surface area contributed by atoms with Gasteiger partial charge in [-0.05, 0) is 6.07 Å². The van der Waals surface area contributed by atoms with Crippen LogP contribution in [0, 0.1) is 0 Å². The summed E-state index contributed by atoms with van der Waals surface area (Å²) in [6.07, 6.45) is 1.15. The number of oxime groups is 1. The molecule has 0 spiro atoms. The topological polar surface area (TPSA) is 165 Å². The molecule has 0 radical (unpaired) electrons. The van der Waals surface area contributed by atoms with Crippen LogP contribution in [0.2, 0.25) is 0 Å². The molecule has 3 amide bonds. The Morgan fingerprint density at radius 2 is 2.28 bits per heavy atom. The molecule has 3 rings (SSSR count). The quantitative estimate of drug-likeness (QED) is 0.347. The van der Waals surface area contributed by atoms with Gasteiger partial charge in [0.2, 0.25) is 5.88 Å². The monoisotopic (exact) mass is 424 g/mol. The summed E-state index contributed by atoms with van der Waals surface area (Å²) < 4.78 is 9.94. The first-order chi connectivity index (χ1) is 13.9. The van der Waals surface area contributed by atoms with E-state index in [2.05, 4.69) is 14.7 Å². The first-order valence-corrected chi connectivity index (χ1v) is 9.17. The molecule has 1 fully saturated rings. The average Bonchev–Trinajstić information content (AvgIpc) is 3.21. The van der Waals surface area contributed by atoms with E-state index in [1.807, 2.05) is 0 Å². The number of primary amides is 1. The Hall–Kier alpha value is -3.48. The van der Waals surface area contributed by atoms with Gasteiger partial charge in [0, 0.05) is 17.4 Å². The van der Waals surface area contributed by atoms with Crippen LogP contribution in [0.5, 0.6) is 0 Å². The number of furan rings is 1. The number of hydrogen-bond acceptors (Lipinski definition) is 9. The molecule has 1 saturated heterocycles. The zero-order chi connectivity index (χ0) is 21.1. The molecular weight excluding hydrogens is 408 g/mol. The van der Waals surface area contributed by atoms with E-state index >= 15 is 0 Å². The number of carbonyl (C=O) groups is 4. The highest BCUT2D eigenvalue weighted by Gasteiger charge is 2.57. The van der Waals surface area contributed by atoms with Crippen molar-refractivity contribution in [2.75, 3.05) is 24.4 Å². The molecule has 3 heterocycles. The average molecular weight is 424 g/mol. The van der Waals surface area contributed by atoms with Gasteiger partial charge in [-0.1, -0.05) is 5.16 Å². The van der Waals surface area contributed by atoms with Gasteiger partial charge in [0.15, 0.2) is 0 Å². The van der Waals surface area contributed by atoms with Crippen LogP contribution in [-0.2, 0) is 24.0 Å². The van der Waals surface area contributed by atoms with Gasteiger partial charge >= 0.3 is 12.1 Å². The van der Waals surface area contributed by atoms with Gasteiger partial charge in [0.25, 0.3) is 11.8 Å². The third-order valence-corrected chi connectivity index (χ3v) is 5.46. The Labute approximate surface area is 167 Å². The highest BCUT2D eigenvalue weighted by atomic mass is 32.2. The maximum absolute atomic E-state index is 12.9. The van der Waals surface area contributed by atoms with E-state index in [0.717, 1.165) is 16.0 Å². The fourth-order valence-corrected chi connectivity index (χ4v) is 4.36. The number of nitrogens with zero attached hydrogens (tertiary/aromatic N) is 3. The Morgan fingerprint density at radius 3 is 2.86 bits per heavy atom. The molecule has 12 nitrogen and oxygen atoms in total. The van der Waals surface area contributed by atoms with Gasteiger partial charge in [-0.3, -0.25) is 19.4 Å². The minimum Gasteiger partial charge on any atom is -0.477 e. The molecule has 13 heteroatoms. The molecule has 154 valence electrons. The lowest BCUT2D eigenvalue weighted by molar-refractivity contribution is -0.148. The van der Waals surface area contributed by atoms with Crippen molar-refractivity contribution in [1.82, 2.24) is 4.90 Å². The number of nitrogens with two attached hydrogens (primary N) is 1. The van der Waals surface area contributed by atoms with Gasteiger partial charge in [-0.2, -0.15) is 0 Å². The van der Waals surface area contributed by atoms with Crippen LogP contribution in [0.25, 0.3) is 0 Å². The fraction of sp³-hybridized carbons (Fsp3) is 0.312. The van der Waals surface area contributed by atoms with Gasteiger partial charge < -0.3 is 24.8 Å². The first kappa shape index (κ1) is 20.3. The minimum atomic E-state index is -1.36. The van der Waals surface area contributed by atoms with Crippen molar-refractivity contribution >= 4 is 47.7 Å². The predicted octanol–water partition coefficient (Wildman–Crippen LogP) is -0.0375. The van der Waals surface area contributed by atoms with E-state index in [9.17, 15) is 24.3 Å². The summed E-state index contributed by atoms with van der Waals surface area (Å²) in [5.74, 6) is -2.41. The SMILES string of the molecule is CON=CC(=O)N(c1ccco1)[C@@H]1C(=O)N2C(C(=O)O)=C(COC(N)=O)CS[C@H]12. The minimum absolute atomic E-state index is 0.0971. The summed E-state index contributed by atoms with van der Waals surface area (Å²) in [6.45, 7) is -0.355. The number of fused-ring (bicyclic) bond motifs is 1. The smallest absolute Gasteiger partial charge is 0.404 e. The molecule has 0 bridgehead atoms. The van der Waals surface area contributed by atoms with Crippen LogP contribution in [0.3, 0.4) is 0 Å².